The van der Waals surface area contributed by atoms with Crippen LogP contribution in [-0.2, 0) is 15.9 Å². The zero-order valence-electron chi connectivity index (χ0n) is 18.6. The molecule has 0 amide bonds. The summed E-state index contributed by atoms with van der Waals surface area (Å²) in [4.78, 5) is 0. The molecule has 2 atom stereocenters. The number of ether oxygens (including phenoxy) is 2. The van der Waals surface area contributed by atoms with Gasteiger partial charge in [-0.3, -0.25) is 0 Å². The van der Waals surface area contributed by atoms with Gasteiger partial charge < -0.3 is 19.9 Å². The van der Waals surface area contributed by atoms with E-state index in [0.29, 0.717) is 13.2 Å². The minimum absolute atomic E-state index is 0. The maximum atomic E-state index is 10.5. The maximum Gasteiger partial charge on any atom is 0.106 e. The molecule has 0 aliphatic rings. The molecule has 2 N–H and O–H groups in total. The minimum Gasteiger partial charge on any atom is -0.389 e. The Hall–Kier alpha value is -1.95. The monoisotopic (exact) mass is 443 g/mol. The lowest BCUT2D eigenvalue weighted by Crippen LogP contribution is -2.46. The molecule has 3 aromatic rings. The molecular formula is C26H34ClNO3. The number of fused-ring (bicyclic) bond motifs is 1. The van der Waals surface area contributed by atoms with Gasteiger partial charge >= 0.3 is 0 Å². The van der Waals surface area contributed by atoms with Crippen LogP contribution < -0.4 is 5.32 Å². The van der Waals surface area contributed by atoms with Gasteiger partial charge in [0, 0.05) is 19.2 Å². The Morgan fingerprint density at radius 2 is 1.58 bits per heavy atom. The van der Waals surface area contributed by atoms with E-state index in [2.05, 4.69) is 61.6 Å². The van der Waals surface area contributed by atoms with Crippen molar-refractivity contribution in [3.05, 3.63) is 83.9 Å². The van der Waals surface area contributed by atoms with Gasteiger partial charge in [-0.1, -0.05) is 72.8 Å². The van der Waals surface area contributed by atoms with Crippen LogP contribution in [0.5, 0.6) is 0 Å². The molecule has 3 rings (SSSR count). The molecule has 168 valence electrons. The van der Waals surface area contributed by atoms with Crippen molar-refractivity contribution in [1.29, 1.82) is 0 Å². The summed E-state index contributed by atoms with van der Waals surface area (Å²) >= 11 is 0. The Balaban J connectivity index is 0.00000341. The van der Waals surface area contributed by atoms with Gasteiger partial charge in [-0.25, -0.2) is 0 Å². The van der Waals surface area contributed by atoms with Gasteiger partial charge in [0.05, 0.1) is 19.3 Å². The molecule has 0 bridgehead atoms. The molecule has 0 radical (unpaired) electrons. The highest BCUT2D eigenvalue weighted by Gasteiger charge is 2.20. The summed E-state index contributed by atoms with van der Waals surface area (Å²) in [6.45, 7) is 5.50. The first-order valence-corrected chi connectivity index (χ1v) is 10.5. The summed E-state index contributed by atoms with van der Waals surface area (Å²) in [6.07, 6.45) is 0.0993. The number of aliphatic hydroxyl groups is 1. The van der Waals surface area contributed by atoms with E-state index in [-0.39, 0.29) is 30.7 Å². The molecule has 0 aliphatic heterocycles. The van der Waals surface area contributed by atoms with Gasteiger partial charge in [-0.2, -0.15) is 0 Å². The molecule has 0 spiro atoms. The van der Waals surface area contributed by atoms with E-state index >= 15 is 0 Å². The molecule has 0 aromatic heterocycles. The van der Waals surface area contributed by atoms with Crippen molar-refractivity contribution in [2.75, 3.05) is 26.9 Å². The number of methoxy groups -OCH3 is 1. The van der Waals surface area contributed by atoms with Gasteiger partial charge in [0.15, 0.2) is 0 Å². The number of hydrogen-bond acceptors (Lipinski definition) is 4. The summed E-state index contributed by atoms with van der Waals surface area (Å²) in [5.41, 5.74) is 2.19. The quantitative estimate of drug-likeness (QED) is 0.440. The van der Waals surface area contributed by atoms with Crippen molar-refractivity contribution in [2.45, 2.75) is 38.0 Å². The van der Waals surface area contributed by atoms with E-state index in [4.69, 9.17) is 9.47 Å². The van der Waals surface area contributed by atoms with E-state index in [1.807, 2.05) is 30.3 Å². The van der Waals surface area contributed by atoms with E-state index in [9.17, 15) is 5.11 Å². The highest BCUT2D eigenvalue weighted by atomic mass is 35.5. The van der Waals surface area contributed by atoms with Crippen LogP contribution in [0.25, 0.3) is 10.8 Å². The summed E-state index contributed by atoms with van der Waals surface area (Å²) < 4.78 is 11.2. The Bertz CT molecular complexity index is 917. The molecule has 4 nitrogen and oxygen atoms in total. The first-order valence-electron chi connectivity index (χ1n) is 10.5. The SMILES string of the molecule is COCC(OC[C@H](O)CNC(C)(C)Cc1ccc2ccccc2c1)c1ccccc1.Cl. The number of halogens is 1. The molecule has 5 heteroatoms. The van der Waals surface area contributed by atoms with Crippen molar-refractivity contribution in [2.24, 2.45) is 0 Å². The van der Waals surface area contributed by atoms with Crippen LogP contribution in [0.15, 0.2) is 72.8 Å². The molecular weight excluding hydrogens is 410 g/mol. The third kappa shape index (κ3) is 7.91. The number of nitrogens with one attached hydrogen (secondary N) is 1. The first-order chi connectivity index (χ1) is 14.5. The standard InChI is InChI=1S/C26H33NO3.ClH/c1-26(2,16-20-13-14-21-9-7-8-12-23(21)15-20)27-17-24(28)18-30-25(19-29-3)22-10-5-4-6-11-22;/h4-15,24-25,27-28H,16-19H2,1-3H3;1H/t24-,25?;/m1./s1. The fourth-order valence-electron chi connectivity index (χ4n) is 3.66. The van der Waals surface area contributed by atoms with Gasteiger partial charge in [-0.05, 0) is 42.2 Å². The van der Waals surface area contributed by atoms with Crippen molar-refractivity contribution in [3.8, 4) is 0 Å². The summed E-state index contributed by atoms with van der Waals surface area (Å²) in [7, 11) is 1.66. The predicted octanol–water partition coefficient (Wildman–Crippen LogP) is 4.94. The van der Waals surface area contributed by atoms with Crippen LogP contribution in [0.2, 0.25) is 0 Å². The smallest absolute Gasteiger partial charge is 0.106 e. The average molecular weight is 444 g/mol. The highest BCUT2D eigenvalue weighted by Crippen LogP contribution is 2.20. The second-order valence-corrected chi connectivity index (χ2v) is 8.46. The molecule has 3 aromatic carbocycles. The first kappa shape index (κ1) is 25.3. The van der Waals surface area contributed by atoms with Crippen molar-refractivity contribution < 1.29 is 14.6 Å². The fourth-order valence-corrected chi connectivity index (χ4v) is 3.66. The van der Waals surface area contributed by atoms with Gasteiger partial charge in [0.25, 0.3) is 0 Å². The molecule has 0 saturated heterocycles. The largest absolute Gasteiger partial charge is 0.389 e. The Morgan fingerprint density at radius 3 is 2.29 bits per heavy atom. The van der Waals surface area contributed by atoms with Crippen LogP contribution in [0, 0.1) is 0 Å². The second kappa shape index (κ2) is 12.2. The third-order valence-corrected chi connectivity index (χ3v) is 5.26. The van der Waals surface area contributed by atoms with Crippen molar-refractivity contribution in [3.63, 3.8) is 0 Å². The van der Waals surface area contributed by atoms with Crippen LogP contribution in [0.3, 0.4) is 0 Å². The number of benzene rings is 3. The summed E-state index contributed by atoms with van der Waals surface area (Å²) in [6, 6.07) is 25.0. The Morgan fingerprint density at radius 1 is 0.903 bits per heavy atom. The number of aliphatic hydroxyl groups excluding tert-OH is 1. The van der Waals surface area contributed by atoms with Gasteiger partial charge in [0.1, 0.15) is 6.10 Å². The highest BCUT2D eigenvalue weighted by molar-refractivity contribution is 5.85. The number of rotatable bonds is 11. The maximum absolute atomic E-state index is 10.5. The summed E-state index contributed by atoms with van der Waals surface area (Å²) in [5, 5.41) is 16.5. The second-order valence-electron chi connectivity index (χ2n) is 8.46. The van der Waals surface area contributed by atoms with E-state index in [1.165, 1.54) is 16.3 Å². The Labute approximate surface area is 192 Å². The average Bonchev–Trinajstić information content (AvgIpc) is 2.75. The molecule has 0 saturated carbocycles. The molecule has 0 aliphatic carbocycles. The normalized spacial score (nSPS) is 13.5. The lowest BCUT2D eigenvalue weighted by atomic mass is 9.93. The van der Waals surface area contributed by atoms with Crippen LogP contribution in [-0.4, -0.2) is 43.6 Å². The number of β-amino-alcohol motifs (C(OH)–C–C–N with tert-alkyl or cyclic N) is 1. The zero-order chi connectivity index (χ0) is 21.4. The zero-order valence-corrected chi connectivity index (χ0v) is 19.4. The van der Waals surface area contributed by atoms with Crippen molar-refractivity contribution >= 4 is 23.2 Å². The minimum atomic E-state index is -0.594. The van der Waals surface area contributed by atoms with Crippen LogP contribution in [0.1, 0.15) is 31.1 Å². The number of hydrogen-bond donors (Lipinski definition) is 2. The van der Waals surface area contributed by atoms with E-state index in [1.54, 1.807) is 7.11 Å². The molecule has 0 fully saturated rings. The van der Waals surface area contributed by atoms with E-state index < -0.39 is 6.10 Å². The topological polar surface area (TPSA) is 50.7 Å². The summed E-state index contributed by atoms with van der Waals surface area (Å²) in [5.74, 6) is 0. The molecule has 0 heterocycles. The van der Waals surface area contributed by atoms with Crippen molar-refractivity contribution in [1.82, 2.24) is 5.32 Å². The van der Waals surface area contributed by atoms with Crippen LogP contribution in [0.4, 0.5) is 0 Å². The Kier molecular flexibility index (Phi) is 9.94. The lowest BCUT2D eigenvalue weighted by molar-refractivity contribution is -0.0423. The predicted molar refractivity (Wildman–Crippen MR) is 130 cm³/mol. The van der Waals surface area contributed by atoms with Crippen LogP contribution >= 0.6 is 12.4 Å². The molecule has 31 heavy (non-hydrogen) atoms. The lowest BCUT2D eigenvalue weighted by Gasteiger charge is -2.28. The third-order valence-electron chi connectivity index (χ3n) is 5.26. The van der Waals surface area contributed by atoms with Gasteiger partial charge in [0.2, 0.25) is 0 Å². The fraction of sp³-hybridized carbons (Fsp3) is 0.385. The molecule has 1 unspecified atom stereocenters. The van der Waals surface area contributed by atoms with E-state index in [0.717, 1.165) is 12.0 Å². The van der Waals surface area contributed by atoms with Gasteiger partial charge in [-0.15, -0.1) is 12.4 Å².